The number of carbonyl (C=O) groups is 1. The minimum atomic E-state index is 0.0428. The van der Waals surface area contributed by atoms with Gasteiger partial charge in [0.05, 0.1) is 6.04 Å². The van der Waals surface area contributed by atoms with Crippen molar-refractivity contribution in [1.82, 2.24) is 24.6 Å². The van der Waals surface area contributed by atoms with Crippen LogP contribution in [0.3, 0.4) is 0 Å². The van der Waals surface area contributed by atoms with Crippen molar-refractivity contribution in [1.29, 1.82) is 0 Å². The van der Waals surface area contributed by atoms with Crippen LogP contribution in [0.2, 0.25) is 0 Å². The van der Waals surface area contributed by atoms with E-state index in [9.17, 15) is 4.79 Å². The Balaban J connectivity index is 1.68. The smallest absolute Gasteiger partial charge is 0.223 e. The van der Waals surface area contributed by atoms with Gasteiger partial charge >= 0.3 is 0 Å². The number of hydrogen-bond acceptors (Lipinski definition) is 5. The van der Waals surface area contributed by atoms with Crippen LogP contribution in [0.1, 0.15) is 18.4 Å². The average molecular weight is 343 g/mol. The van der Waals surface area contributed by atoms with E-state index in [0.29, 0.717) is 26.1 Å². The summed E-state index contributed by atoms with van der Waals surface area (Å²) in [6.07, 6.45) is 4.43. The first-order valence-electron chi connectivity index (χ1n) is 8.61. The number of aromatic nitrogens is 3. The van der Waals surface area contributed by atoms with Crippen LogP contribution in [0.15, 0.2) is 36.9 Å². The third kappa shape index (κ3) is 4.57. The molecule has 1 aliphatic rings. The summed E-state index contributed by atoms with van der Waals surface area (Å²) in [5, 5.41) is 4.08. The topological polar surface area (TPSA) is 63.5 Å². The number of benzene rings is 1. The number of rotatable bonds is 6. The molecular formula is C18H25N5O2. The van der Waals surface area contributed by atoms with Gasteiger partial charge in [0.1, 0.15) is 25.0 Å². The van der Waals surface area contributed by atoms with Crippen LogP contribution < -0.4 is 4.74 Å². The van der Waals surface area contributed by atoms with Gasteiger partial charge in [0.2, 0.25) is 5.91 Å². The SMILES string of the molecule is CN(C)C[C@H]1COc2ccccc2CN1C(=O)CCCn1cncn1. The van der Waals surface area contributed by atoms with E-state index in [1.165, 1.54) is 6.33 Å². The molecular weight excluding hydrogens is 318 g/mol. The van der Waals surface area contributed by atoms with Crippen molar-refractivity contribution in [3.8, 4) is 5.75 Å². The molecule has 134 valence electrons. The first-order chi connectivity index (χ1) is 12.1. The second-order valence-corrected chi connectivity index (χ2v) is 6.62. The normalized spacial score (nSPS) is 17.1. The van der Waals surface area contributed by atoms with E-state index in [1.54, 1.807) is 11.0 Å². The number of hydrogen-bond donors (Lipinski definition) is 0. The molecule has 0 saturated heterocycles. The maximum Gasteiger partial charge on any atom is 0.223 e. The molecule has 1 aliphatic heterocycles. The number of amides is 1. The molecule has 7 heteroatoms. The lowest BCUT2D eigenvalue weighted by Crippen LogP contribution is -2.47. The largest absolute Gasteiger partial charge is 0.491 e. The Kier molecular flexibility index (Phi) is 5.65. The Bertz CT molecular complexity index is 687. The van der Waals surface area contributed by atoms with E-state index in [4.69, 9.17) is 4.74 Å². The van der Waals surface area contributed by atoms with Crippen molar-refractivity contribution in [3.05, 3.63) is 42.5 Å². The fraction of sp³-hybridized carbons (Fsp3) is 0.500. The van der Waals surface area contributed by atoms with Gasteiger partial charge in [-0.05, 0) is 26.6 Å². The molecule has 7 nitrogen and oxygen atoms in total. The summed E-state index contributed by atoms with van der Waals surface area (Å²) in [5.74, 6) is 1.04. The van der Waals surface area contributed by atoms with E-state index in [1.807, 2.05) is 43.3 Å². The molecule has 2 aromatic rings. The number of ether oxygens (including phenoxy) is 1. The molecule has 0 radical (unpaired) electrons. The lowest BCUT2D eigenvalue weighted by Gasteiger charge is -2.31. The van der Waals surface area contributed by atoms with Crippen molar-refractivity contribution in [2.45, 2.75) is 32.0 Å². The fourth-order valence-electron chi connectivity index (χ4n) is 3.11. The fourth-order valence-corrected chi connectivity index (χ4v) is 3.11. The van der Waals surface area contributed by atoms with Crippen molar-refractivity contribution in [3.63, 3.8) is 0 Å². The van der Waals surface area contributed by atoms with Gasteiger partial charge in [0, 0.05) is 31.6 Å². The van der Waals surface area contributed by atoms with Gasteiger partial charge in [-0.15, -0.1) is 0 Å². The first-order valence-corrected chi connectivity index (χ1v) is 8.61. The zero-order valence-electron chi connectivity index (χ0n) is 14.8. The van der Waals surface area contributed by atoms with E-state index in [0.717, 1.165) is 24.3 Å². The molecule has 3 rings (SSSR count). The third-order valence-electron chi connectivity index (χ3n) is 4.33. The Morgan fingerprint density at radius 3 is 2.96 bits per heavy atom. The molecule has 0 unspecified atom stereocenters. The average Bonchev–Trinajstić information content (AvgIpc) is 3.03. The van der Waals surface area contributed by atoms with Gasteiger partial charge < -0.3 is 14.5 Å². The zero-order chi connectivity index (χ0) is 17.6. The molecule has 0 saturated carbocycles. The number of aryl methyl sites for hydroxylation is 1. The van der Waals surface area contributed by atoms with Crippen LogP contribution in [0.4, 0.5) is 0 Å². The van der Waals surface area contributed by atoms with Crippen molar-refractivity contribution < 1.29 is 9.53 Å². The van der Waals surface area contributed by atoms with Gasteiger partial charge in [-0.1, -0.05) is 18.2 Å². The van der Waals surface area contributed by atoms with Crippen molar-refractivity contribution >= 4 is 5.91 Å². The van der Waals surface area contributed by atoms with Crippen LogP contribution in [0.25, 0.3) is 0 Å². The Morgan fingerprint density at radius 2 is 2.20 bits per heavy atom. The highest BCUT2D eigenvalue weighted by Crippen LogP contribution is 2.25. The Morgan fingerprint density at radius 1 is 1.36 bits per heavy atom. The van der Waals surface area contributed by atoms with E-state index in [2.05, 4.69) is 15.0 Å². The molecule has 0 fully saturated rings. The summed E-state index contributed by atoms with van der Waals surface area (Å²) in [4.78, 5) is 20.9. The van der Waals surface area contributed by atoms with Gasteiger partial charge in [0.15, 0.2) is 0 Å². The van der Waals surface area contributed by atoms with Crippen LogP contribution in [-0.4, -0.2) is 63.8 Å². The summed E-state index contributed by atoms with van der Waals surface area (Å²) in [6, 6.07) is 8.00. The molecule has 0 bridgehead atoms. The minimum Gasteiger partial charge on any atom is -0.491 e. The lowest BCUT2D eigenvalue weighted by molar-refractivity contribution is -0.135. The highest BCUT2D eigenvalue weighted by Gasteiger charge is 2.28. The quantitative estimate of drug-likeness (QED) is 0.793. The standard InChI is InChI=1S/C18H25N5O2/c1-21(2)11-16-12-25-17-7-4-3-6-15(17)10-23(16)18(24)8-5-9-22-14-19-13-20-22/h3-4,6-7,13-14,16H,5,8-12H2,1-2H3/t16-/m0/s1. The Hall–Kier alpha value is -2.41. The van der Waals surface area contributed by atoms with E-state index >= 15 is 0 Å². The van der Waals surface area contributed by atoms with Crippen molar-refractivity contribution in [2.75, 3.05) is 27.2 Å². The number of likely N-dealkylation sites (N-methyl/N-ethyl adjacent to an activating group) is 1. The first kappa shape index (κ1) is 17.4. The van der Waals surface area contributed by atoms with Crippen LogP contribution in [-0.2, 0) is 17.9 Å². The lowest BCUT2D eigenvalue weighted by atomic mass is 10.1. The maximum absolute atomic E-state index is 12.9. The molecule has 2 heterocycles. The summed E-state index contributed by atoms with van der Waals surface area (Å²) in [7, 11) is 4.04. The van der Waals surface area contributed by atoms with E-state index < -0.39 is 0 Å². The summed E-state index contributed by atoms with van der Waals surface area (Å²) in [5.41, 5.74) is 1.06. The maximum atomic E-state index is 12.9. The molecule has 1 amide bonds. The predicted molar refractivity (Wildman–Crippen MR) is 94.1 cm³/mol. The van der Waals surface area contributed by atoms with Crippen LogP contribution in [0, 0.1) is 0 Å². The minimum absolute atomic E-state index is 0.0428. The van der Waals surface area contributed by atoms with Crippen molar-refractivity contribution in [2.24, 2.45) is 0 Å². The summed E-state index contributed by atoms with van der Waals surface area (Å²) >= 11 is 0. The highest BCUT2D eigenvalue weighted by molar-refractivity contribution is 5.76. The van der Waals surface area contributed by atoms with Gasteiger partial charge in [0.25, 0.3) is 0 Å². The molecule has 0 N–H and O–H groups in total. The molecule has 1 atom stereocenters. The number of fused-ring (bicyclic) bond motifs is 1. The van der Waals surface area contributed by atoms with Gasteiger partial charge in [-0.25, -0.2) is 4.98 Å². The highest BCUT2D eigenvalue weighted by atomic mass is 16.5. The summed E-state index contributed by atoms with van der Waals surface area (Å²) < 4.78 is 7.72. The molecule has 25 heavy (non-hydrogen) atoms. The molecule has 1 aromatic carbocycles. The second kappa shape index (κ2) is 8.11. The van der Waals surface area contributed by atoms with E-state index in [-0.39, 0.29) is 11.9 Å². The third-order valence-corrected chi connectivity index (χ3v) is 4.33. The second-order valence-electron chi connectivity index (χ2n) is 6.62. The number of carbonyl (C=O) groups excluding carboxylic acids is 1. The predicted octanol–water partition coefficient (Wildman–Crippen LogP) is 1.41. The molecule has 1 aromatic heterocycles. The molecule has 0 aliphatic carbocycles. The van der Waals surface area contributed by atoms with Gasteiger partial charge in [-0.3, -0.25) is 9.48 Å². The van der Waals surface area contributed by atoms with Crippen LogP contribution >= 0.6 is 0 Å². The van der Waals surface area contributed by atoms with Crippen LogP contribution in [0.5, 0.6) is 5.75 Å². The number of nitrogens with zero attached hydrogens (tertiary/aromatic N) is 5. The Labute approximate surface area is 148 Å². The molecule has 0 spiro atoms. The summed E-state index contributed by atoms with van der Waals surface area (Å²) in [6.45, 7) is 2.59. The van der Waals surface area contributed by atoms with Gasteiger partial charge in [-0.2, -0.15) is 5.10 Å². The number of para-hydroxylation sites is 1. The monoisotopic (exact) mass is 343 g/mol. The zero-order valence-corrected chi connectivity index (χ0v) is 14.8.